The summed E-state index contributed by atoms with van der Waals surface area (Å²) in [5.41, 5.74) is 3.52. The first-order valence-corrected chi connectivity index (χ1v) is 8.87. The molecular weight excluding hydrogens is 336 g/mol. The van der Waals surface area contributed by atoms with E-state index < -0.39 is 11.8 Å². The zero-order chi connectivity index (χ0) is 19.1. The van der Waals surface area contributed by atoms with Crippen LogP contribution in [0.15, 0.2) is 84.9 Å². The van der Waals surface area contributed by atoms with E-state index in [1.165, 1.54) is 0 Å². The monoisotopic (exact) mass is 358 g/mol. The summed E-state index contributed by atoms with van der Waals surface area (Å²) in [5.74, 6) is -1.18. The second kappa shape index (κ2) is 8.81. The molecule has 0 aromatic heterocycles. The number of para-hydroxylation sites is 1. The summed E-state index contributed by atoms with van der Waals surface area (Å²) in [4.78, 5) is 27.0. The minimum Gasteiger partial charge on any atom is -0.326 e. The van der Waals surface area contributed by atoms with Crippen molar-refractivity contribution in [3.05, 3.63) is 102 Å². The molecule has 4 nitrogen and oxygen atoms in total. The number of nitrogens with zero attached hydrogens (tertiary/aromatic N) is 1. The summed E-state index contributed by atoms with van der Waals surface area (Å²) >= 11 is 0. The van der Waals surface area contributed by atoms with Crippen LogP contribution in [0.5, 0.6) is 0 Å². The predicted molar refractivity (Wildman–Crippen MR) is 107 cm³/mol. The standard InChI is InChI=1S/C23H22N2O2/c1-18-10-8-9-15-21(18)24-22(26)23(27)25(16-19-11-4-2-5-12-19)17-20-13-6-3-7-14-20/h2-15H,16-17H2,1H3,(H,24,26). The van der Waals surface area contributed by atoms with Gasteiger partial charge in [-0.25, -0.2) is 0 Å². The van der Waals surface area contributed by atoms with Crippen molar-refractivity contribution in [2.24, 2.45) is 0 Å². The molecule has 3 aromatic carbocycles. The molecule has 136 valence electrons. The molecule has 2 amide bonds. The molecule has 0 spiro atoms. The van der Waals surface area contributed by atoms with Crippen LogP contribution in [0.4, 0.5) is 5.69 Å². The van der Waals surface area contributed by atoms with Crippen LogP contribution in [0.25, 0.3) is 0 Å². The van der Waals surface area contributed by atoms with E-state index in [-0.39, 0.29) is 0 Å². The number of hydrogen-bond acceptors (Lipinski definition) is 2. The van der Waals surface area contributed by atoms with Gasteiger partial charge in [0.05, 0.1) is 0 Å². The number of aryl methyl sites for hydroxylation is 1. The van der Waals surface area contributed by atoms with E-state index in [0.717, 1.165) is 16.7 Å². The van der Waals surface area contributed by atoms with Crippen molar-refractivity contribution in [2.75, 3.05) is 5.32 Å². The lowest BCUT2D eigenvalue weighted by Crippen LogP contribution is -2.39. The summed E-state index contributed by atoms with van der Waals surface area (Å²) in [7, 11) is 0. The van der Waals surface area contributed by atoms with Gasteiger partial charge >= 0.3 is 11.8 Å². The Labute approximate surface area is 159 Å². The molecule has 4 heteroatoms. The lowest BCUT2D eigenvalue weighted by Gasteiger charge is -2.22. The summed E-state index contributed by atoms with van der Waals surface area (Å²) in [6, 6.07) is 26.8. The molecule has 0 atom stereocenters. The van der Waals surface area contributed by atoms with Gasteiger partial charge < -0.3 is 10.2 Å². The number of carbonyl (C=O) groups excluding carboxylic acids is 2. The average Bonchev–Trinajstić information content (AvgIpc) is 2.70. The quantitative estimate of drug-likeness (QED) is 0.696. The van der Waals surface area contributed by atoms with Crippen LogP contribution in [0.3, 0.4) is 0 Å². The maximum atomic E-state index is 12.9. The largest absolute Gasteiger partial charge is 0.326 e. The van der Waals surface area contributed by atoms with E-state index >= 15 is 0 Å². The number of nitrogens with one attached hydrogen (secondary N) is 1. The Morgan fingerprint density at radius 3 is 1.74 bits per heavy atom. The molecule has 0 saturated heterocycles. The molecule has 0 saturated carbocycles. The molecule has 0 fully saturated rings. The van der Waals surface area contributed by atoms with Gasteiger partial charge in [0.25, 0.3) is 0 Å². The van der Waals surface area contributed by atoms with E-state index in [0.29, 0.717) is 18.8 Å². The Morgan fingerprint density at radius 1 is 0.741 bits per heavy atom. The fourth-order valence-electron chi connectivity index (χ4n) is 2.84. The summed E-state index contributed by atoms with van der Waals surface area (Å²) in [6.07, 6.45) is 0. The van der Waals surface area contributed by atoms with Gasteiger partial charge in [-0.3, -0.25) is 9.59 Å². The highest BCUT2D eigenvalue weighted by molar-refractivity contribution is 6.39. The molecule has 3 rings (SSSR count). The number of rotatable bonds is 5. The lowest BCUT2D eigenvalue weighted by atomic mass is 10.1. The fourth-order valence-corrected chi connectivity index (χ4v) is 2.84. The van der Waals surface area contributed by atoms with Gasteiger partial charge in [0.2, 0.25) is 0 Å². The second-order valence-corrected chi connectivity index (χ2v) is 6.40. The van der Waals surface area contributed by atoms with Crippen LogP contribution in [-0.2, 0) is 22.7 Å². The first-order valence-electron chi connectivity index (χ1n) is 8.87. The Bertz CT molecular complexity index is 866. The maximum absolute atomic E-state index is 12.9. The van der Waals surface area contributed by atoms with E-state index in [9.17, 15) is 9.59 Å². The van der Waals surface area contributed by atoms with Crippen molar-refractivity contribution < 1.29 is 9.59 Å². The number of anilines is 1. The molecule has 3 aromatic rings. The van der Waals surface area contributed by atoms with Gasteiger partial charge in [-0.2, -0.15) is 0 Å². The van der Waals surface area contributed by atoms with Crippen molar-refractivity contribution in [3.8, 4) is 0 Å². The number of amides is 2. The summed E-state index contributed by atoms with van der Waals surface area (Å²) < 4.78 is 0. The van der Waals surface area contributed by atoms with Crippen molar-refractivity contribution in [2.45, 2.75) is 20.0 Å². The van der Waals surface area contributed by atoms with Crippen LogP contribution in [0.1, 0.15) is 16.7 Å². The van der Waals surface area contributed by atoms with Crippen LogP contribution in [0.2, 0.25) is 0 Å². The number of carbonyl (C=O) groups is 2. The summed E-state index contributed by atoms with van der Waals surface area (Å²) in [5, 5.41) is 2.73. The minimum absolute atomic E-state index is 0.371. The first-order chi connectivity index (χ1) is 13.1. The summed E-state index contributed by atoms with van der Waals surface area (Å²) in [6.45, 7) is 2.64. The zero-order valence-corrected chi connectivity index (χ0v) is 15.3. The number of hydrogen-bond donors (Lipinski definition) is 1. The van der Waals surface area contributed by atoms with Gasteiger partial charge in [0.15, 0.2) is 0 Å². The van der Waals surface area contributed by atoms with E-state index in [1.807, 2.05) is 85.8 Å². The van der Waals surface area contributed by atoms with Crippen LogP contribution < -0.4 is 5.32 Å². The third-order valence-electron chi connectivity index (χ3n) is 4.31. The average molecular weight is 358 g/mol. The van der Waals surface area contributed by atoms with Crippen molar-refractivity contribution >= 4 is 17.5 Å². The van der Waals surface area contributed by atoms with Crippen LogP contribution >= 0.6 is 0 Å². The molecule has 0 aliphatic rings. The SMILES string of the molecule is Cc1ccccc1NC(=O)C(=O)N(Cc1ccccc1)Cc1ccccc1. The Kier molecular flexibility index (Phi) is 6.00. The van der Waals surface area contributed by atoms with Crippen molar-refractivity contribution in [1.29, 1.82) is 0 Å². The normalized spacial score (nSPS) is 10.3. The molecule has 0 aliphatic heterocycles. The molecule has 0 aliphatic carbocycles. The predicted octanol–water partition coefficient (Wildman–Crippen LogP) is 4.16. The Hall–Kier alpha value is -3.40. The van der Waals surface area contributed by atoms with Crippen LogP contribution in [-0.4, -0.2) is 16.7 Å². The first kappa shape index (κ1) is 18.4. The molecule has 0 radical (unpaired) electrons. The fraction of sp³-hybridized carbons (Fsp3) is 0.130. The molecule has 1 N–H and O–H groups in total. The molecule has 0 bridgehead atoms. The van der Waals surface area contributed by atoms with E-state index in [1.54, 1.807) is 11.0 Å². The highest BCUT2D eigenvalue weighted by Gasteiger charge is 2.23. The topological polar surface area (TPSA) is 49.4 Å². The van der Waals surface area contributed by atoms with Gasteiger partial charge in [-0.1, -0.05) is 78.9 Å². The second-order valence-electron chi connectivity index (χ2n) is 6.40. The minimum atomic E-state index is -0.629. The smallest absolute Gasteiger partial charge is 0.313 e. The van der Waals surface area contributed by atoms with Crippen molar-refractivity contribution in [3.63, 3.8) is 0 Å². The van der Waals surface area contributed by atoms with Crippen molar-refractivity contribution in [1.82, 2.24) is 4.90 Å². The molecule has 0 unspecified atom stereocenters. The lowest BCUT2D eigenvalue weighted by molar-refractivity contribution is -0.144. The van der Waals surface area contributed by atoms with Gasteiger partial charge in [0.1, 0.15) is 0 Å². The van der Waals surface area contributed by atoms with E-state index in [2.05, 4.69) is 5.32 Å². The van der Waals surface area contributed by atoms with Gasteiger partial charge in [-0.05, 0) is 29.7 Å². The zero-order valence-electron chi connectivity index (χ0n) is 15.3. The van der Waals surface area contributed by atoms with Gasteiger partial charge in [-0.15, -0.1) is 0 Å². The third kappa shape index (κ3) is 5.05. The molecule has 0 heterocycles. The highest BCUT2D eigenvalue weighted by Crippen LogP contribution is 2.15. The highest BCUT2D eigenvalue weighted by atomic mass is 16.2. The van der Waals surface area contributed by atoms with E-state index in [4.69, 9.17) is 0 Å². The third-order valence-corrected chi connectivity index (χ3v) is 4.31. The van der Waals surface area contributed by atoms with Crippen LogP contribution in [0, 0.1) is 6.92 Å². The Balaban J connectivity index is 1.79. The Morgan fingerprint density at radius 2 is 1.22 bits per heavy atom. The molecule has 27 heavy (non-hydrogen) atoms. The van der Waals surface area contributed by atoms with Gasteiger partial charge in [0, 0.05) is 18.8 Å². The molecular formula is C23H22N2O2. The maximum Gasteiger partial charge on any atom is 0.313 e. The number of benzene rings is 3.